The molecule has 20 heavy (non-hydrogen) atoms. The van der Waals surface area contributed by atoms with Gasteiger partial charge in [0.15, 0.2) is 0 Å². The van der Waals surface area contributed by atoms with Gasteiger partial charge in [-0.2, -0.15) is 10.5 Å². The minimum absolute atomic E-state index is 0.131. The number of benzene rings is 1. The Bertz CT molecular complexity index is 663. The van der Waals surface area contributed by atoms with E-state index in [-0.39, 0.29) is 17.1 Å². The van der Waals surface area contributed by atoms with Gasteiger partial charge in [0, 0.05) is 16.6 Å². The van der Waals surface area contributed by atoms with Crippen LogP contribution in [0.15, 0.2) is 28.2 Å². The van der Waals surface area contributed by atoms with E-state index in [0.29, 0.717) is 12.1 Å². The van der Waals surface area contributed by atoms with Gasteiger partial charge in [-0.1, -0.05) is 29.3 Å². The van der Waals surface area contributed by atoms with Crippen molar-refractivity contribution in [3.8, 4) is 12.1 Å². The fourth-order valence-electron chi connectivity index (χ4n) is 2.22. The maximum absolute atomic E-state index is 12.5. The summed E-state index contributed by atoms with van der Waals surface area (Å²) in [5, 5.41) is 18.1. The molecule has 1 aliphatic heterocycles. The molecule has 1 aromatic carbocycles. The number of allylic oxidation sites excluding steroid dienone is 1. The van der Waals surface area contributed by atoms with Gasteiger partial charge in [-0.15, -0.1) is 0 Å². The van der Waals surface area contributed by atoms with E-state index < -0.39 is 0 Å². The highest BCUT2D eigenvalue weighted by Gasteiger charge is 2.34. The Labute approximate surface area is 126 Å². The lowest BCUT2D eigenvalue weighted by atomic mass is 10.0. The third kappa shape index (κ3) is 2.33. The summed E-state index contributed by atoms with van der Waals surface area (Å²) in [7, 11) is 0. The number of hydrogen-bond acceptors (Lipinski definition) is 3. The number of nitriles is 2. The molecule has 1 heterocycles. The molecule has 1 amide bonds. The predicted octanol–water partition coefficient (Wildman–Crippen LogP) is 3.40. The minimum atomic E-state index is -0.260. The number of nitrogens with zero attached hydrogens (tertiary/aromatic N) is 3. The summed E-state index contributed by atoms with van der Waals surface area (Å²) in [5.41, 5.74) is 1.50. The van der Waals surface area contributed by atoms with Crippen LogP contribution in [0.1, 0.15) is 25.3 Å². The highest BCUT2D eigenvalue weighted by Crippen LogP contribution is 2.39. The van der Waals surface area contributed by atoms with Crippen LogP contribution in [0.2, 0.25) is 0 Å². The Kier molecular flexibility index (Phi) is 4.22. The highest BCUT2D eigenvalue weighted by atomic mass is 79.9. The van der Waals surface area contributed by atoms with Gasteiger partial charge >= 0.3 is 0 Å². The lowest BCUT2D eigenvalue weighted by Crippen LogP contribution is -2.27. The third-order valence-corrected chi connectivity index (χ3v) is 3.68. The molecule has 0 aromatic heterocycles. The third-order valence-electron chi connectivity index (χ3n) is 3.19. The molecule has 100 valence electrons. The van der Waals surface area contributed by atoms with Gasteiger partial charge in [0.1, 0.15) is 17.7 Å². The lowest BCUT2D eigenvalue weighted by molar-refractivity contribution is -0.113. The van der Waals surface area contributed by atoms with Crippen LogP contribution in [0.5, 0.6) is 0 Å². The number of carbonyl (C=O) groups excluding carboxylic acids is 1. The second-order valence-corrected chi connectivity index (χ2v) is 5.36. The van der Waals surface area contributed by atoms with Gasteiger partial charge in [0.2, 0.25) is 0 Å². The number of halogens is 1. The first-order valence-electron chi connectivity index (χ1n) is 6.30. The molecule has 0 saturated carbocycles. The number of amides is 1. The number of unbranched alkanes of at least 4 members (excludes halogenated alkanes) is 1. The van der Waals surface area contributed by atoms with Crippen molar-refractivity contribution in [3.05, 3.63) is 33.8 Å². The lowest BCUT2D eigenvalue weighted by Gasteiger charge is -2.16. The van der Waals surface area contributed by atoms with E-state index in [2.05, 4.69) is 22.9 Å². The highest BCUT2D eigenvalue weighted by molar-refractivity contribution is 9.10. The summed E-state index contributed by atoms with van der Waals surface area (Å²) in [6, 6.07) is 9.11. The molecule has 0 N–H and O–H groups in total. The van der Waals surface area contributed by atoms with Crippen LogP contribution in [-0.4, -0.2) is 12.5 Å². The summed E-state index contributed by atoms with van der Waals surface area (Å²) in [4.78, 5) is 14.1. The summed E-state index contributed by atoms with van der Waals surface area (Å²) in [6.45, 7) is 2.65. The zero-order valence-corrected chi connectivity index (χ0v) is 12.6. The average molecular weight is 330 g/mol. The zero-order valence-electron chi connectivity index (χ0n) is 11.0. The van der Waals surface area contributed by atoms with Gasteiger partial charge in [0.25, 0.3) is 5.91 Å². The normalized spacial score (nSPS) is 12.9. The molecule has 0 radical (unpaired) electrons. The topological polar surface area (TPSA) is 67.9 Å². The molecule has 5 heteroatoms. The molecule has 0 aliphatic carbocycles. The van der Waals surface area contributed by atoms with E-state index in [1.54, 1.807) is 11.0 Å². The first-order chi connectivity index (χ1) is 9.63. The summed E-state index contributed by atoms with van der Waals surface area (Å²) in [6.07, 6.45) is 1.85. The van der Waals surface area contributed by atoms with Crippen molar-refractivity contribution < 1.29 is 4.79 Å². The van der Waals surface area contributed by atoms with E-state index in [0.717, 1.165) is 23.0 Å². The predicted molar refractivity (Wildman–Crippen MR) is 79.5 cm³/mol. The SMILES string of the molecule is CCCCN1C(=O)C(=C(C#N)C#N)c2cc(Br)ccc21. The van der Waals surface area contributed by atoms with Crippen molar-refractivity contribution in [1.82, 2.24) is 0 Å². The molecular formula is C15H12BrN3O. The van der Waals surface area contributed by atoms with Gasteiger partial charge in [-0.25, -0.2) is 0 Å². The largest absolute Gasteiger partial charge is 0.308 e. The maximum Gasteiger partial charge on any atom is 0.261 e. The molecule has 0 fully saturated rings. The Balaban J connectivity index is 2.63. The van der Waals surface area contributed by atoms with E-state index in [1.807, 2.05) is 24.3 Å². The Morgan fingerprint density at radius 2 is 2.05 bits per heavy atom. The second kappa shape index (κ2) is 5.90. The van der Waals surface area contributed by atoms with Crippen LogP contribution in [0.25, 0.3) is 5.57 Å². The maximum atomic E-state index is 12.5. The summed E-state index contributed by atoms with van der Waals surface area (Å²) in [5.74, 6) is -0.260. The Hall–Kier alpha value is -2.11. The summed E-state index contributed by atoms with van der Waals surface area (Å²) >= 11 is 3.36. The van der Waals surface area contributed by atoms with Gasteiger partial charge in [-0.3, -0.25) is 4.79 Å². The minimum Gasteiger partial charge on any atom is -0.308 e. The first kappa shape index (κ1) is 14.3. The molecule has 0 spiro atoms. The van der Waals surface area contributed by atoms with Crippen LogP contribution < -0.4 is 4.90 Å². The van der Waals surface area contributed by atoms with Crippen molar-refractivity contribution >= 4 is 33.1 Å². The Morgan fingerprint density at radius 1 is 1.35 bits per heavy atom. The van der Waals surface area contributed by atoms with E-state index >= 15 is 0 Å². The quantitative estimate of drug-likeness (QED) is 0.630. The Morgan fingerprint density at radius 3 is 2.65 bits per heavy atom. The van der Waals surface area contributed by atoms with Crippen molar-refractivity contribution in [2.24, 2.45) is 0 Å². The molecule has 0 unspecified atom stereocenters. The average Bonchev–Trinajstić information content (AvgIpc) is 2.71. The van der Waals surface area contributed by atoms with Gasteiger partial charge < -0.3 is 4.90 Å². The molecule has 0 atom stereocenters. The molecular weight excluding hydrogens is 318 g/mol. The first-order valence-corrected chi connectivity index (χ1v) is 7.09. The van der Waals surface area contributed by atoms with Crippen LogP contribution in [0, 0.1) is 22.7 Å². The number of fused-ring (bicyclic) bond motifs is 1. The van der Waals surface area contributed by atoms with E-state index in [1.165, 1.54) is 0 Å². The standard InChI is InChI=1S/C15H12BrN3O/c1-2-3-6-19-13-5-4-11(16)7-12(13)14(15(19)20)10(8-17)9-18/h4-5,7H,2-3,6H2,1H3. The van der Waals surface area contributed by atoms with Crippen LogP contribution in [0.3, 0.4) is 0 Å². The van der Waals surface area contributed by atoms with Crippen LogP contribution in [-0.2, 0) is 4.79 Å². The van der Waals surface area contributed by atoms with E-state index in [4.69, 9.17) is 10.5 Å². The molecule has 1 aliphatic rings. The van der Waals surface area contributed by atoms with Gasteiger partial charge in [-0.05, 0) is 24.6 Å². The zero-order chi connectivity index (χ0) is 14.7. The molecule has 0 bridgehead atoms. The fourth-order valence-corrected chi connectivity index (χ4v) is 2.58. The van der Waals surface area contributed by atoms with Gasteiger partial charge in [0.05, 0.1) is 11.3 Å². The van der Waals surface area contributed by atoms with Crippen LogP contribution >= 0.6 is 15.9 Å². The number of hydrogen-bond donors (Lipinski definition) is 0. The summed E-state index contributed by atoms with van der Waals surface area (Å²) < 4.78 is 0.814. The number of rotatable bonds is 3. The van der Waals surface area contributed by atoms with Crippen molar-refractivity contribution in [3.63, 3.8) is 0 Å². The fraction of sp³-hybridized carbons (Fsp3) is 0.267. The monoisotopic (exact) mass is 329 g/mol. The van der Waals surface area contributed by atoms with Crippen molar-refractivity contribution in [2.45, 2.75) is 19.8 Å². The smallest absolute Gasteiger partial charge is 0.261 e. The molecule has 2 rings (SSSR count). The number of carbonyl (C=O) groups is 1. The number of anilines is 1. The van der Waals surface area contributed by atoms with Crippen LogP contribution in [0.4, 0.5) is 5.69 Å². The van der Waals surface area contributed by atoms with Crippen molar-refractivity contribution in [1.29, 1.82) is 10.5 Å². The van der Waals surface area contributed by atoms with Crippen molar-refractivity contribution in [2.75, 3.05) is 11.4 Å². The van der Waals surface area contributed by atoms with E-state index in [9.17, 15) is 4.79 Å². The second-order valence-electron chi connectivity index (χ2n) is 4.45. The molecule has 4 nitrogen and oxygen atoms in total. The molecule has 0 saturated heterocycles. The molecule has 1 aromatic rings.